The lowest BCUT2D eigenvalue weighted by molar-refractivity contribution is 0.0752. The molecule has 3 N–H and O–H groups in total. The van der Waals surface area contributed by atoms with Crippen LogP contribution in [0, 0.1) is 0 Å². The van der Waals surface area contributed by atoms with Crippen LogP contribution in [-0.4, -0.2) is 58.2 Å². The third-order valence-electron chi connectivity index (χ3n) is 6.03. The smallest absolute Gasteiger partial charge is 0.321 e. The van der Waals surface area contributed by atoms with Crippen LogP contribution in [0.5, 0.6) is 0 Å². The van der Waals surface area contributed by atoms with Crippen LogP contribution in [0.25, 0.3) is 0 Å². The number of anilines is 2. The average molecular weight is 412 g/mol. The fraction of sp³-hybridized carbons (Fsp3) is 0.524. The number of hydrogen-bond donors (Lipinski definition) is 2. The van der Waals surface area contributed by atoms with Crippen molar-refractivity contribution in [3.63, 3.8) is 0 Å². The molecule has 1 aromatic heterocycles. The van der Waals surface area contributed by atoms with Crippen molar-refractivity contribution in [2.24, 2.45) is 0 Å². The Hall–Kier alpha value is -3.10. The van der Waals surface area contributed by atoms with Crippen molar-refractivity contribution in [3.05, 3.63) is 35.5 Å². The highest BCUT2D eigenvalue weighted by atomic mass is 16.6. The van der Waals surface area contributed by atoms with Crippen molar-refractivity contribution in [1.82, 2.24) is 20.1 Å². The van der Waals surface area contributed by atoms with E-state index in [1.54, 1.807) is 9.80 Å². The van der Waals surface area contributed by atoms with E-state index < -0.39 is 0 Å². The van der Waals surface area contributed by atoms with Crippen molar-refractivity contribution < 1.29 is 14.2 Å². The fourth-order valence-corrected chi connectivity index (χ4v) is 4.29. The fourth-order valence-electron chi connectivity index (χ4n) is 4.29. The Bertz CT molecular complexity index is 875. The van der Waals surface area contributed by atoms with E-state index in [-0.39, 0.29) is 23.5 Å². The number of nitrogens with one attached hydrogen (secondary N) is 1. The van der Waals surface area contributed by atoms with Crippen LogP contribution in [0.15, 0.2) is 28.9 Å². The van der Waals surface area contributed by atoms with E-state index in [9.17, 15) is 9.59 Å². The van der Waals surface area contributed by atoms with Gasteiger partial charge in [0, 0.05) is 31.9 Å². The molecule has 1 aromatic carbocycles. The number of nitrogen functional groups attached to an aromatic ring is 1. The van der Waals surface area contributed by atoms with Gasteiger partial charge in [-0.05, 0) is 53.2 Å². The van der Waals surface area contributed by atoms with Gasteiger partial charge < -0.3 is 20.9 Å². The molecule has 0 unspecified atom stereocenters. The molecule has 4 rings (SSSR count). The molecular weight excluding hydrogens is 384 g/mol. The molecule has 9 nitrogen and oxygen atoms in total. The topological polar surface area (TPSA) is 118 Å². The molecule has 0 bridgehead atoms. The van der Waals surface area contributed by atoms with Gasteiger partial charge in [0.05, 0.1) is 0 Å². The summed E-state index contributed by atoms with van der Waals surface area (Å²) in [6.45, 7) is 1.93. The van der Waals surface area contributed by atoms with Gasteiger partial charge in [0.25, 0.3) is 5.91 Å². The third-order valence-corrected chi connectivity index (χ3v) is 6.03. The van der Waals surface area contributed by atoms with Crippen LogP contribution >= 0.6 is 0 Å². The van der Waals surface area contributed by atoms with E-state index in [0.717, 1.165) is 5.69 Å². The largest absolute Gasteiger partial charge is 0.379 e. The molecule has 1 saturated carbocycles. The van der Waals surface area contributed by atoms with Gasteiger partial charge in [-0.1, -0.05) is 31.4 Å². The van der Waals surface area contributed by atoms with E-state index in [0.29, 0.717) is 38.5 Å². The Kier molecular flexibility index (Phi) is 6.15. The molecule has 30 heavy (non-hydrogen) atoms. The second kappa shape index (κ2) is 9.15. The molecular formula is C21H28N6O3. The van der Waals surface area contributed by atoms with E-state index in [4.69, 9.17) is 5.73 Å². The van der Waals surface area contributed by atoms with Crippen molar-refractivity contribution in [1.29, 1.82) is 0 Å². The molecule has 2 aliphatic rings. The normalized spacial score (nSPS) is 18.1. The van der Waals surface area contributed by atoms with Crippen molar-refractivity contribution in [2.75, 3.05) is 37.2 Å². The lowest BCUT2D eigenvalue weighted by Gasteiger charge is -2.23. The minimum absolute atomic E-state index is 0.0180. The second-order valence-corrected chi connectivity index (χ2v) is 8.02. The summed E-state index contributed by atoms with van der Waals surface area (Å²) in [6, 6.07) is 8.07. The SMILES string of the molecule is Nc1nonc1C(=O)N1CCCN(C(=O)Nc2ccc(C3CCCCC3)cc2)CC1. The quantitative estimate of drug-likeness (QED) is 0.800. The summed E-state index contributed by atoms with van der Waals surface area (Å²) in [5, 5.41) is 10.0. The highest BCUT2D eigenvalue weighted by Gasteiger charge is 2.26. The Labute approximate surface area is 175 Å². The maximum absolute atomic E-state index is 12.7. The lowest BCUT2D eigenvalue weighted by atomic mass is 9.84. The molecule has 3 amide bonds. The molecule has 1 aliphatic carbocycles. The van der Waals surface area contributed by atoms with Crippen LogP contribution in [0.3, 0.4) is 0 Å². The number of rotatable bonds is 3. The Morgan fingerprint density at radius 3 is 2.33 bits per heavy atom. The number of hydrogen-bond acceptors (Lipinski definition) is 6. The summed E-state index contributed by atoms with van der Waals surface area (Å²) < 4.78 is 4.51. The van der Waals surface area contributed by atoms with E-state index in [1.807, 2.05) is 12.1 Å². The molecule has 0 radical (unpaired) electrons. The van der Waals surface area contributed by atoms with Crippen LogP contribution in [0.2, 0.25) is 0 Å². The summed E-state index contributed by atoms with van der Waals surface area (Å²) in [5.41, 5.74) is 7.79. The number of benzene rings is 1. The standard InChI is InChI=1S/C21H28N6O3/c22-19-18(24-30-25-19)20(28)26-11-4-12-27(14-13-26)21(29)23-17-9-7-16(8-10-17)15-5-2-1-3-6-15/h7-10,15H,1-6,11-14H2,(H2,22,25)(H,23,29). The zero-order valence-corrected chi connectivity index (χ0v) is 17.0. The molecule has 1 saturated heterocycles. The maximum Gasteiger partial charge on any atom is 0.321 e. The van der Waals surface area contributed by atoms with Gasteiger partial charge in [0.15, 0.2) is 0 Å². The number of nitrogens with two attached hydrogens (primary N) is 1. The van der Waals surface area contributed by atoms with Gasteiger partial charge in [-0.15, -0.1) is 0 Å². The molecule has 2 heterocycles. The molecule has 160 valence electrons. The Morgan fingerprint density at radius 2 is 1.63 bits per heavy atom. The first-order chi connectivity index (χ1) is 14.6. The zero-order chi connectivity index (χ0) is 20.9. The highest BCUT2D eigenvalue weighted by Crippen LogP contribution is 2.33. The van der Waals surface area contributed by atoms with Crippen LogP contribution in [0.4, 0.5) is 16.3 Å². The molecule has 0 atom stereocenters. The molecule has 2 aromatic rings. The summed E-state index contributed by atoms with van der Waals surface area (Å²) >= 11 is 0. The van der Waals surface area contributed by atoms with Crippen LogP contribution in [0.1, 0.15) is 60.5 Å². The summed E-state index contributed by atoms with van der Waals surface area (Å²) in [5.74, 6) is 0.302. The van der Waals surface area contributed by atoms with Crippen LogP contribution < -0.4 is 11.1 Å². The van der Waals surface area contributed by atoms with E-state index >= 15 is 0 Å². The monoisotopic (exact) mass is 412 g/mol. The summed E-state index contributed by atoms with van der Waals surface area (Å²) in [6.07, 6.45) is 7.13. The van der Waals surface area contributed by atoms with Gasteiger partial charge >= 0.3 is 6.03 Å². The number of carbonyl (C=O) groups excluding carboxylic acids is 2. The predicted octanol–water partition coefficient (Wildman–Crippen LogP) is 3.08. The van der Waals surface area contributed by atoms with E-state index in [1.165, 1.54) is 37.7 Å². The minimum atomic E-state index is -0.325. The first kappa shape index (κ1) is 20.2. The van der Waals surface area contributed by atoms with Crippen molar-refractivity contribution in [3.8, 4) is 0 Å². The highest BCUT2D eigenvalue weighted by molar-refractivity contribution is 5.96. The third kappa shape index (κ3) is 4.55. The van der Waals surface area contributed by atoms with Gasteiger partial charge in [0.2, 0.25) is 11.5 Å². The van der Waals surface area contributed by atoms with Crippen LogP contribution in [-0.2, 0) is 0 Å². The van der Waals surface area contributed by atoms with Gasteiger partial charge in [-0.3, -0.25) is 4.79 Å². The molecule has 0 spiro atoms. The molecule has 1 aliphatic heterocycles. The number of carbonyl (C=O) groups is 2. The summed E-state index contributed by atoms with van der Waals surface area (Å²) in [4.78, 5) is 28.6. The van der Waals surface area contributed by atoms with Gasteiger partial charge in [-0.25, -0.2) is 9.42 Å². The van der Waals surface area contributed by atoms with Gasteiger partial charge in [-0.2, -0.15) is 0 Å². The average Bonchev–Trinajstić information content (AvgIpc) is 3.05. The number of aromatic nitrogens is 2. The first-order valence-corrected chi connectivity index (χ1v) is 10.6. The van der Waals surface area contributed by atoms with Crippen molar-refractivity contribution >= 4 is 23.4 Å². The van der Waals surface area contributed by atoms with Crippen molar-refractivity contribution in [2.45, 2.75) is 44.4 Å². The Balaban J connectivity index is 1.31. The Morgan fingerprint density at radius 1 is 0.933 bits per heavy atom. The van der Waals surface area contributed by atoms with E-state index in [2.05, 4.69) is 32.4 Å². The van der Waals surface area contributed by atoms with Gasteiger partial charge in [0.1, 0.15) is 0 Å². The summed E-state index contributed by atoms with van der Waals surface area (Å²) in [7, 11) is 0. The number of urea groups is 1. The zero-order valence-electron chi connectivity index (χ0n) is 17.0. The maximum atomic E-state index is 12.7. The predicted molar refractivity (Wildman–Crippen MR) is 112 cm³/mol. The molecule has 9 heteroatoms. The number of nitrogens with zero attached hydrogens (tertiary/aromatic N) is 4. The number of amides is 3. The second-order valence-electron chi connectivity index (χ2n) is 8.02. The lowest BCUT2D eigenvalue weighted by Crippen LogP contribution is -2.39. The minimum Gasteiger partial charge on any atom is -0.379 e. The first-order valence-electron chi connectivity index (χ1n) is 10.6. The molecule has 2 fully saturated rings.